The Bertz CT molecular complexity index is 1450. The van der Waals surface area contributed by atoms with Crippen molar-refractivity contribution in [2.24, 2.45) is 0 Å². The number of nitrogens with zero attached hydrogens (tertiary/aromatic N) is 2. The molecule has 3 aliphatic heterocycles. The van der Waals surface area contributed by atoms with Crippen LogP contribution in [0.25, 0.3) is 6.08 Å². The molecule has 0 aromatic heterocycles. The van der Waals surface area contributed by atoms with Gasteiger partial charge >= 0.3 is 0 Å². The molecule has 0 spiro atoms. The number of fused-ring (bicyclic) bond motifs is 2. The first-order valence-electron chi connectivity index (χ1n) is 12.5. The first-order chi connectivity index (χ1) is 18.5. The van der Waals surface area contributed by atoms with E-state index >= 15 is 0 Å². The van der Waals surface area contributed by atoms with E-state index in [1.165, 1.54) is 33.2 Å². The number of piperazine rings is 1. The van der Waals surface area contributed by atoms with E-state index < -0.39 is 0 Å². The van der Waals surface area contributed by atoms with E-state index in [1.54, 1.807) is 37.4 Å². The number of rotatable bonds is 4. The SMILES string of the molecule is CN1C(=O)C(=Cc2ccccc2F)Sc2ccc(C(=O)N3CC[NH+](Cc4ccc5c(c4)OCO5)CC3)cc21. The van der Waals surface area contributed by atoms with Crippen LogP contribution in [0.5, 0.6) is 11.5 Å². The molecule has 0 bridgehead atoms. The van der Waals surface area contributed by atoms with Crippen LogP contribution in [0, 0.1) is 5.82 Å². The molecule has 1 N–H and O–H groups in total. The fourth-order valence-corrected chi connectivity index (χ4v) is 6.07. The van der Waals surface area contributed by atoms with E-state index in [0.717, 1.165) is 36.0 Å². The average Bonchev–Trinajstić information content (AvgIpc) is 3.41. The fourth-order valence-electron chi connectivity index (χ4n) is 4.99. The number of likely N-dealkylation sites (N-methyl/N-ethyl adjacent to an activating group) is 1. The Morgan fingerprint density at radius 3 is 2.66 bits per heavy atom. The van der Waals surface area contributed by atoms with Gasteiger partial charge in [-0.3, -0.25) is 9.59 Å². The minimum absolute atomic E-state index is 0.0338. The Hall–Kier alpha value is -3.82. The van der Waals surface area contributed by atoms with Crippen molar-refractivity contribution >= 4 is 35.3 Å². The van der Waals surface area contributed by atoms with E-state index in [0.29, 0.717) is 34.8 Å². The number of carbonyl (C=O) groups is 2. The normalized spacial score (nSPS) is 18.2. The number of ether oxygens (including phenoxy) is 2. The van der Waals surface area contributed by atoms with Gasteiger partial charge in [-0.15, -0.1) is 0 Å². The number of amides is 2. The highest BCUT2D eigenvalue weighted by atomic mass is 32.2. The van der Waals surface area contributed by atoms with Crippen molar-refractivity contribution < 1.29 is 28.4 Å². The van der Waals surface area contributed by atoms with Gasteiger partial charge < -0.3 is 24.2 Å². The maximum atomic E-state index is 14.1. The van der Waals surface area contributed by atoms with Crippen LogP contribution in [0.2, 0.25) is 0 Å². The number of hydrogen-bond acceptors (Lipinski definition) is 5. The summed E-state index contributed by atoms with van der Waals surface area (Å²) in [5.74, 6) is 0.942. The highest BCUT2D eigenvalue weighted by molar-refractivity contribution is 8.04. The summed E-state index contributed by atoms with van der Waals surface area (Å²) in [4.78, 5) is 32.5. The van der Waals surface area contributed by atoms with Crippen LogP contribution in [0.4, 0.5) is 10.1 Å². The van der Waals surface area contributed by atoms with Gasteiger partial charge in [-0.05, 0) is 48.5 Å². The number of hydrogen-bond donors (Lipinski definition) is 1. The van der Waals surface area contributed by atoms with Gasteiger partial charge in [0.05, 0.1) is 36.8 Å². The highest BCUT2D eigenvalue weighted by Gasteiger charge is 2.30. The van der Waals surface area contributed by atoms with E-state index in [9.17, 15) is 14.0 Å². The lowest BCUT2D eigenvalue weighted by Crippen LogP contribution is -3.13. The summed E-state index contributed by atoms with van der Waals surface area (Å²) in [7, 11) is 1.68. The van der Waals surface area contributed by atoms with Gasteiger partial charge in [0.15, 0.2) is 11.5 Å². The summed E-state index contributed by atoms with van der Waals surface area (Å²) in [6, 6.07) is 17.9. The van der Waals surface area contributed by atoms with Crippen LogP contribution in [-0.2, 0) is 11.3 Å². The molecule has 0 unspecified atom stereocenters. The van der Waals surface area contributed by atoms with Gasteiger partial charge in [-0.1, -0.05) is 30.0 Å². The minimum Gasteiger partial charge on any atom is -0.454 e. The lowest BCUT2D eigenvalue weighted by atomic mass is 10.1. The summed E-state index contributed by atoms with van der Waals surface area (Å²) in [5, 5.41) is 0. The molecule has 38 heavy (non-hydrogen) atoms. The van der Waals surface area contributed by atoms with Crippen molar-refractivity contribution in [1.82, 2.24) is 4.90 Å². The van der Waals surface area contributed by atoms with E-state index in [-0.39, 0.29) is 24.4 Å². The lowest BCUT2D eigenvalue weighted by Gasteiger charge is -2.33. The van der Waals surface area contributed by atoms with Crippen LogP contribution < -0.4 is 19.3 Å². The Labute approximate surface area is 224 Å². The van der Waals surface area contributed by atoms with Crippen molar-refractivity contribution in [3.63, 3.8) is 0 Å². The summed E-state index contributed by atoms with van der Waals surface area (Å²) >= 11 is 1.30. The second-order valence-electron chi connectivity index (χ2n) is 9.59. The Morgan fingerprint density at radius 1 is 1.05 bits per heavy atom. The molecule has 3 aromatic carbocycles. The van der Waals surface area contributed by atoms with Gasteiger partial charge in [0.2, 0.25) is 6.79 Å². The van der Waals surface area contributed by atoms with Crippen molar-refractivity contribution in [3.05, 3.63) is 88.1 Å². The molecule has 0 radical (unpaired) electrons. The molecule has 0 atom stereocenters. The van der Waals surface area contributed by atoms with Crippen LogP contribution in [0.3, 0.4) is 0 Å². The lowest BCUT2D eigenvalue weighted by molar-refractivity contribution is -0.917. The minimum atomic E-state index is -0.374. The molecule has 0 saturated carbocycles. The third-order valence-electron chi connectivity index (χ3n) is 7.14. The molecule has 7 nitrogen and oxygen atoms in total. The number of carbonyl (C=O) groups excluding carboxylic acids is 2. The van der Waals surface area contributed by atoms with Crippen LogP contribution in [0.15, 0.2) is 70.5 Å². The van der Waals surface area contributed by atoms with Gasteiger partial charge in [-0.2, -0.15) is 0 Å². The molecular formula is C29H27FN3O4S+. The zero-order valence-corrected chi connectivity index (χ0v) is 21.7. The molecular weight excluding hydrogens is 505 g/mol. The third-order valence-corrected chi connectivity index (χ3v) is 8.22. The topological polar surface area (TPSA) is 63.5 Å². The smallest absolute Gasteiger partial charge is 0.264 e. The van der Waals surface area contributed by atoms with Crippen LogP contribution in [0.1, 0.15) is 21.5 Å². The standard InChI is InChI=1S/C29H26FN3O4S/c1-31-23-15-21(7-9-26(23)38-27(29(31)35)16-20-4-2-3-5-22(20)30)28(34)33-12-10-32(11-13-33)17-19-6-8-24-25(14-19)37-18-36-24/h2-9,14-16H,10-13,17-18H2,1H3/p+1. The number of quaternary nitrogens is 1. The van der Waals surface area contributed by atoms with Crippen LogP contribution in [-0.4, -0.2) is 56.7 Å². The average molecular weight is 533 g/mol. The molecule has 2 amide bonds. The zero-order chi connectivity index (χ0) is 26.2. The van der Waals surface area contributed by atoms with Gasteiger partial charge in [0, 0.05) is 28.6 Å². The molecule has 1 saturated heterocycles. The summed E-state index contributed by atoms with van der Waals surface area (Å²) in [6.45, 7) is 4.16. The fraction of sp³-hybridized carbons (Fsp3) is 0.241. The number of anilines is 1. The molecule has 3 aliphatic rings. The monoisotopic (exact) mass is 532 g/mol. The van der Waals surface area contributed by atoms with Crippen molar-refractivity contribution in [2.45, 2.75) is 11.4 Å². The van der Waals surface area contributed by atoms with E-state index in [2.05, 4.69) is 6.07 Å². The number of nitrogens with one attached hydrogen (secondary N) is 1. The van der Waals surface area contributed by atoms with E-state index in [4.69, 9.17) is 9.47 Å². The second kappa shape index (κ2) is 10.2. The number of benzene rings is 3. The predicted octanol–water partition coefficient (Wildman–Crippen LogP) is 3.20. The summed E-state index contributed by atoms with van der Waals surface area (Å²) < 4.78 is 25.0. The Morgan fingerprint density at radius 2 is 1.84 bits per heavy atom. The van der Waals surface area contributed by atoms with Crippen molar-refractivity contribution in [2.75, 3.05) is 44.9 Å². The second-order valence-corrected chi connectivity index (χ2v) is 10.7. The third kappa shape index (κ3) is 4.75. The highest BCUT2D eigenvalue weighted by Crippen LogP contribution is 2.42. The molecule has 3 heterocycles. The first-order valence-corrected chi connectivity index (χ1v) is 13.4. The summed E-state index contributed by atoms with van der Waals surface area (Å²) in [6.07, 6.45) is 1.58. The zero-order valence-electron chi connectivity index (χ0n) is 20.9. The Kier molecular flexibility index (Phi) is 6.55. The van der Waals surface area contributed by atoms with Gasteiger partial charge in [0.1, 0.15) is 12.4 Å². The van der Waals surface area contributed by atoms with Gasteiger partial charge in [-0.25, -0.2) is 4.39 Å². The number of halogens is 1. The molecule has 194 valence electrons. The Balaban J connectivity index is 1.12. The molecule has 3 aromatic rings. The quantitative estimate of drug-likeness (QED) is 0.523. The first kappa shape index (κ1) is 24.5. The van der Waals surface area contributed by atoms with Gasteiger partial charge in [0.25, 0.3) is 11.8 Å². The van der Waals surface area contributed by atoms with Crippen molar-refractivity contribution in [3.8, 4) is 11.5 Å². The largest absolute Gasteiger partial charge is 0.454 e. The predicted molar refractivity (Wildman–Crippen MR) is 143 cm³/mol. The molecule has 0 aliphatic carbocycles. The summed E-state index contributed by atoms with van der Waals surface area (Å²) in [5.41, 5.74) is 2.80. The van der Waals surface area contributed by atoms with Crippen molar-refractivity contribution in [1.29, 1.82) is 0 Å². The maximum Gasteiger partial charge on any atom is 0.264 e. The number of thioether (sulfide) groups is 1. The maximum absolute atomic E-state index is 14.1. The van der Waals surface area contributed by atoms with E-state index in [1.807, 2.05) is 29.2 Å². The molecule has 6 rings (SSSR count). The molecule has 1 fully saturated rings. The molecule has 9 heteroatoms. The van der Waals surface area contributed by atoms with Crippen LogP contribution >= 0.6 is 11.8 Å².